The standard InChI is InChI=1S/C20H26N4O2.ClH/c1-15-6-8-16(9-7-15)4-3-5-20(25)24-14-18(26-2)12-17(24)13-23-11-10-19(21)22-23;/h3-4,6-11,17-18H,5,12-14H2,1-2H3,(H2,21,22);1H/b4-3+;/t17-,18-;/m0./s1. The molecule has 1 aromatic heterocycles. The molecular formula is C20H27ClN4O2. The summed E-state index contributed by atoms with van der Waals surface area (Å²) in [5.74, 6) is 0.600. The fourth-order valence-electron chi connectivity index (χ4n) is 3.31. The molecule has 1 fully saturated rings. The van der Waals surface area contributed by atoms with Crippen LogP contribution in [-0.2, 0) is 16.1 Å². The molecule has 1 aliphatic heterocycles. The Morgan fingerprint density at radius 1 is 1.33 bits per heavy atom. The van der Waals surface area contributed by atoms with Crippen LogP contribution in [0.3, 0.4) is 0 Å². The lowest BCUT2D eigenvalue weighted by Gasteiger charge is -2.24. The number of methoxy groups -OCH3 is 1. The maximum Gasteiger partial charge on any atom is 0.226 e. The first-order valence-electron chi connectivity index (χ1n) is 8.89. The SMILES string of the molecule is CO[C@H]1C[C@@H](Cn2ccc(N)n2)N(C(=O)C/C=C/c2ccc(C)cc2)C1.Cl. The summed E-state index contributed by atoms with van der Waals surface area (Å²) >= 11 is 0. The Balaban J connectivity index is 0.00000261. The number of amides is 1. The largest absolute Gasteiger partial charge is 0.382 e. The molecule has 27 heavy (non-hydrogen) atoms. The molecular weight excluding hydrogens is 364 g/mol. The van der Waals surface area contributed by atoms with Crippen molar-refractivity contribution >= 4 is 30.2 Å². The summed E-state index contributed by atoms with van der Waals surface area (Å²) in [7, 11) is 1.69. The summed E-state index contributed by atoms with van der Waals surface area (Å²) in [5, 5.41) is 4.23. The number of halogens is 1. The molecule has 1 aliphatic rings. The molecule has 0 aliphatic carbocycles. The van der Waals surface area contributed by atoms with Gasteiger partial charge in [-0.2, -0.15) is 5.10 Å². The number of aromatic nitrogens is 2. The number of likely N-dealkylation sites (tertiary alicyclic amines) is 1. The first-order valence-corrected chi connectivity index (χ1v) is 8.89. The Morgan fingerprint density at radius 3 is 2.70 bits per heavy atom. The van der Waals surface area contributed by atoms with Crippen LogP contribution in [0.1, 0.15) is 24.0 Å². The highest BCUT2D eigenvalue weighted by atomic mass is 35.5. The smallest absolute Gasteiger partial charge is 0.226 e. The lowest BCUT2D eigenvalue weighted by molar-refractivity contribution is -0.131. The predicted octanol–water partition coefficient (Wildman–Crippen LogP) is 2.91. The Morgan fingerprint density at radius 2 is 2.07 bits per heavy atom. The second-order valence-corrected chi connectivity index (χ2v) is 6.77. The highest BCUT2D eigenvalue weighted by Gasteiger charge is 2.35. The number of carbonyl (C=O) groups is 1. The molecule has 2 atom stereocenters. The van der Waals surface area contributed by atoms with Gasteiger partial charge in [0.1, 0.15) is 5.82 Å². The van der Waals surface area contributed by atoms with Crippen LogP contribution in [0.5, 0.6) is 0 Å². The predicted molar refractivity (Wildman–Crippen MR) is 110 cm³/mol. The zero-order valence-corrected chi connectivity index (χ0v) is 16.6. The number of ether oxygens (including phenoxy) is 1. The highest BCUT2D eigenvalue weighted by Crippen LogP contribution is 2.23. The average molecular weight is 391 g/mol. The molecule has 2 aromatic rings. The van der Waals surface area contributed by atoms with Crippen LogP contribution >= 0.6 is 12.4 Å². The summed E-state index contributed by atoms with van der Waals surface area (Å²) in [6.45, 7) is 3.31. The number of nitrogens with two attached hydrogens (primary N) is 1. The minimum absolute atomic E-state index is 0. The van der Waals surface area contributed by atoms with E-state index in [1.165, 1.54) is 5.56 Å². The molecule has 0 unspecified atom stereocenters. The lowest BCUT2D eigenvalue weighted by Crippen LogP contribution is -2.38. The van der Waals surface area contributed by atoms with E-state index < -0.39 is 0 Å². The highest BCUT2D eigenvalue weighted by molar-refractivity contribution is 5.85. The van der Waals surface area contributed by atoms with Gasteiger partial charge in [0, 0.05) is 26.3 Å². The minimum Gasteiger partial charge on any atom is -0.382 e. The molecule has 7 heteroatoms. The van der Waals surface area contributed by atoms with Crippen LogP contribution < -0.4 is 5.73 Å². The van der Waals surface area contributed by atoms with E-state index >= 15 is 0 Å². The monoisotopic (exact) mass is 390 g/mol. The second-order valence-electron chi connectivity index (χ2n) is 6.77. The van der Waals surface area contributed by atoms with Crippen molar-refractivity contribution in [1.29, 1.82) is 0 Å². The van der Waals surface area contributed by atoms with Crippen molar-refractivity contribution in [3.63, 3.8) is 0 Å². The van der Waals surface area contributed by atoms with Crippen LogP contribution in [0.25, 0.3) is 6.08 Å². The topological polar surface area (TPSA) is 73.4 Å². The fourth-order valence-corrected chi connectivity index (χ4v) is 3.31. The normalized spacial score (nSPS) is 19.4. The quantitative estimate of drug-likeness (QED) is 0.823. The minimum atomic E-state index is 0. The molecule has 3 rings (SSSR count). The molecule has 0 spiro atoms. The molecule has 2 heterocycles. The van der Waals surface area contributed by atoms with E-state index in [9.17, 15) is 4.79 Å². The molecule has 6 nitrogen and oxygen atoms in total. The van der Waals surface area contributed by atoms with Crippen LogP contribution in [0.15, 0.2) is 42.6 Å². The van der Waals surface area contributed by atoms with Crippen LogP contribution in [-0.4, -0.2) is 46.4 Å². The van der Waals surface area contributed by atoms with E-state index in [-0.39, 0.29) is 30.5 Å². The van der Waals surface area contributed by atoms with Gasteiger partial charge in [0.15, 0.2) is 0 Å². The molecule has 1 saturated heterocycles. The van der Waals surface area contributed by atoms with Gasteiger partial charge in [0.2, 0.25) is 5.91 Å². The van der Waals surface area contributed by atoms with E-state index in [1.54, 1.807) is 17.9 Å². The molecule has 0 saturated carbocycles. The van der Waals surface area contributed by atoms with Crippen molar-refractivity contribution in [3.05, 3.63) is 53.7 Å². The van der Waals surface area contributed by atoms with Gasteiger partial charge in [-0.05, 0) is 25.0 Å². The number of anilines is 1. The van der Waals surface area contributed by atoms with Crippen molar-refractivity contribution in [1.82, 2.24) is 14.7 Å². The Hall–Kier alpha value is -2.31. The number of hydrogen-bond donors (Lipinski definition) is 1. The molecule has 0 bridgehead atoms. The van der Waals surface area contributed by atoms with Crippen molar-refractivity contribution in [3.8, 4) is 0 Å². The summed E-state index contributed by atoms with van der Waals surface area (Å²) < 4.78 is 7.28. The molecule has 0 radical (unpaired) electrons. The van der Waals surface area contributed by atoms with Crippen molar-refractivity contribution in [2.45, 2.75) is 38.5 Å². The molecule has 146 valence electrons. The second kappa shape index (κ2) is 9.58. The molecule has 1 amide bonds. The maximum atomic E-state index is 12.7. The Labute approximate surface area is 166 Å². The Bertz CT molecular complexity index is 773. The van der Waals surface area contributed by atoms with Gasteiger partial charge in [-0.3, -0.25) is 9.48 Å². The van der Waals surface area contributed by atoms with Gasteiger partial charge in [-0.15, -0.1) is 12.4 Å². The first-order chi connectivity index (χ1) is 12.5. The lowest BCUT2D eigenvalue weighted by atomic mass is 10.1. The van der Waals surface area contributed by atoms with Crippen molar-refractivity contribution in [2.24, 2.45) is 0 Å². The zero-order chi connectivity index (χ0) is 18.5. The fraction of sp³-hybridized carbons (Fsp3) is 0.400. The van der Waals surface area contributed by atoms with Gasteiger partial charge in [-0.1, -0.05) is 42.0 Å². The first kappa shape index (κ1) is 21.0. The average Bonchev–Trinajstić information content (AvgIpc) is 3.23. The third kappa shape index (κ3) is 5.58. The summed E-state index contributed by atoms with van der Waals surface area (Å²) in [5.41, 5.74) is 8.01. The van der Waals surface area contributed by atoms with Gasteiger partial charge >= 0.3 is 0 Å². The van der Waals surface area contributed by atoms with Gasteiger partial charge in [0.25, 0.3) is 0 Å². The van der Waals surface area contributed by atoms with Gasteiger partial charge in [-0.25, -0.2) is 0 Å². The van der Waals surface area contributed by atoms with Crippen LogP contribution in [0, 0.1) is 6.92 Å². The summed E-state index contributed by atoms with van der Waals surface area (Å²) in [6, 6.07) is 10.1. The summed E-state index contributed by atoms with van der Waals surface area (Å²) in [4.78, 5) is 14.6. The Kier molecular flexibility index (Phi) is 7.45. The number of nitrogens with zero attached hydrogens (tertiary/aromatic N) is 3. The van der Waals surface area contributed by atoms with E-state index in [4.69, 9.17) is 10.5 Å². The van der Waals surface area contributed by atoms with E-state index in [1.807, 2.05) is 23.2 Å². The third-order valence-corrected chi connectivity index (χ3v) is 4.77. The third-order valence-electron chi connectivity index (χ3n) is 4.77. The van der Waals surface area contributed by atoms with E-state index in [2.05, 4.69) is 36.3 Å². The zero-order valence-electron chi connectivity index (χ0n) is 15.7. The summed E-state index contributed by atoms with van der Waals surface area (Å²) in [6.07, 6.45) is 7.01. The van der Waals surface area contributed by atoms with E-state index in [0.717, 1.165) is 12.0 Å². The van der Waals surface area contributed by atoms with Crippen molar-refractivity contribution in [2.75, 3.05) is 19.4 Å². The number of benzene rings is 1. The van der Waals surface area contributed by atoms with E-state index in [0.29, 0.717) is 25.3 Å². The molecule has 2 N–H and O–H groups in total. The number of rotatable bonds is 6. The van der Waals surface area contributed by atoms with Crippen molar-refractivity contribution < 1.29 is 9.53 Å². The number of aryl methyl sites for hydroxylation is 1. The number of nitrogen functional groups attached to an aromatic ring is 1. The molecule has 1 aromatic carbocycles. The van der Waals surface area contributed by atoms with Gasteiger partial charge in [0.05, 0.1) is 18.7 Å². The van der Waals surface area contributed by atoms with Crippen LogP contribution in [0.2, 0.25) is 0 Å². The van der Waals surface area contributed by atoms with Gasteiger partial charge < -0.3 is 15.4 Å². The number of hydrogen-bond acceptors (Lipinski definition) is 4. The number of carbonyl (C=O) groups excluding carboxylic acids is 1. The van der Waals surface area contributed by atoms with Crippen LogP contribution in [0.4, 0.5) is 5.82 Å². The maximum absolute atomic E-state index is 12.7.